The number of hydrogen-bond acceptors (Lipinski definition) is 2. The summed E-state index contributed by atoms with van der Waals surface area (Å²) in [4.78, 5) is 11.9. The molecule has 0 atom stereocenters. The van der Waals surface area contributed by atoms with Gasteiger partial charge in [0.15, 0.2) is 17.5 Å². The van der Waals surface area contributed by atoms with Crippen molar-refractivity contribution in [3.63, 3.8) is 0 Å². The number of anilines is 1. The zero-order valence-electron chi connectivity index (χ0n) is 10.4. The average molecular weight is 281 g/mol. The fourth-order valence-electron chi connectivity index (χ4n) is 1.73. The molecule has 20 heavy (non-hydrogen) atoms. The van der Waals surface area contributed by atoms with Gasteiger partial charge in [-0.05, 0) is 30.7 Å². The van der Waals surface area contributed by atoms with Crippen molar-refractivity contribution in [3.8, 4) is 5.75 Å². The standard InChI is InChI=1S/C14H10F3NO2/c1-7-4-9(19)2-3-10(7)14(20)18-8-5-11(15)13(17)12(16)6-8/h2-6,19H,1H3,(H,18,20). The molecule has 2 aromatic carbocycles. The molecule has 0 saturated carbocycles. The van der Waals surface area contributed by atoms with Crippen molar-refractivity contribution < 1.29 is 23.1 Å². The maximum Gasteiger partial charge on any atom is 0.255 e. The van der Waals surface area contributed by atoms with Gasteiger partial charge in [0.2, 0.25) is 0 Å². The fourth-order valence-corrected chi connectivity index (χ4v) is 1.73. The molecule has 6 heteroatoms. The van der Waals surface area contributed by atoms with E-state index in [4.69, 9.17) is 0 Å². The number of nitrogens with one attached hydrogen (secondary N) is 1. The molecule has 1 amide bonds. The number of benzene rings is 2. The molecule has 0 saturated heterocycles. The Balaban J connectivity index is 2.28. The zero-order chi connectivity index (χ0) is 14.9. The number of aromatic hydroxyl groups is 1. The number of rotatable bonds is 2. The number of halogens is 3. The number of phenols is 1. The summed E-state index contributed by atoms with van der Waals surface area (Å²) in [6.45, 7) is 1.60. The Labute approximate surface area is 112 Å². The van der Waals surface area contributed by atoms with Gasteiger partial charge in [-0.15, -0.1) is 0 Å². The van der Waals surface area contributed by atoms with Crippen molar-refractivity contribution in [2.24, 2.45) is 0 Å². The van der Waals surface area contributed by atoms with Gasteiger partial charge in [-0.3, -0.25) is 4.79 Å². The highest BCUT2D eigenvalue weighted by atomic mass is 19.2. The van der Waals surface area contributed by atoms with E-state index in [9.17, 15) is 23.1 Å². The summed E-state index contributed by atoms with van der Waals surface area (Å²) in [6.07, 6.45) is 0. The van der Waals surface area contributed by atoms with E-state index in [1.807, 2.05) is 0 Å². The van der Waals surface area contributed by atoms with Crippen LogP contribution in [0.15, 0.2) is 30.3 Å². The Hall–Kier alpha value is -2.50. The molecule has 0 fully saturated rings. The first kappa shape index (κ1) is 13.9. The second-order valence-corrected chi connectivity index (χ2v) is 4.21. The topological polar surface area (TPSA) is 49.3 Å². The first-order chi connectivity index (χ1) is 9.38. The minimum absolute atomic E-state index is 0.00192. The van der Waals surface area contributed by atoms with Crippen molar-refractivity contribution >= 4 is 11.6 Å². The molecular weight excluding hydrogens is 271 g/mol. The lowest BCUT2D eigenvalue weighted by Crippen LogP contribution is -2.14. The molecule has 0 spiro atoms. The highest BCUT2D eigenvalue weighted by Crippen LogP contribution is 2.20. The first-order valence-corrected chi connectivity index (χ1v) is 5.64. The maximum atomic E-state index is 13.0. The Morgan fingerprint density at radius 3 is 2.25 bits per heavy atom. The molecule has 2 aromatic rings. The Bertz CT molecular complexity index is 663. The lowest BCUT2D eigenvalue weighted by Gasteiger charge is -2.08. The first-order valence-electron chi connectivity index (χ1n) is 5.64. The van der Waals surface area contributed by atoms with Crippen molar-refractivity contribution in [1.29, 1.82) is 0 Å². The second-order valence-electron chi connectivity index (χ2n) is 4.21. The normalized spacial score (nSPS) is 10.4. The van der Waals surface area contributed by atoms with Crippen molar-refractivity contribution in [3.05, 3.63) is 58.9 Å². The van der Waals surface area contributed by atoms with E-state index in [0.29, 0.717) is 17.7 Å². The molecule has 0 aromatic heterocycles. The van der Waals surface area contributed by atoms with Gasteiger partial charge in [0.05, 0.1) is 0 Å². The van der Waals surface area contributed by atoms with Crippen LogP contribution >= 0.6 is 0 Å². The fraction of sp³-hybridized carbons (Fsp3) is 0.0714. The molecule has 104 valence electrons. The van der Waals surface area contributed by atoms with Gasteiger partial charge >= 0.3 is 0 Å². The van der Waals surface area contributed by atoms with Crippen LogP contribution in [0.4, 0.5) is 18.9 Å². The van der Waals surface area contributed by atoms with Crippen LogP contribution in [-0.4, -0.2) is 11.0 Å². The summed E-state index contributed by atoms with van der Waals surface area (Å²) < 4.78 is 38.8. The van der Waals surface area contributed by atoms with Gasteiger partial charge in [0.1, 0.15) is 5.75 Å². The van der Waals surface area contributed by atoms with Crippen LogP contribution in [0.3, 0.4) is 0 Å². The van der Waals surface area contributed by atoms with Gasteiger partial charge in [-0.1, -0.05) is 0 Å². The summed E-state index contributed by atoms with van der Waals surface area (Å²) in [6, 6.07) is 5.43. The molecule has 0 heterocycles. The van der Waals surface area contributed by atoms with Gasteiger partial charge in [0, 0.05) is 23.4 Å². The van der Waals surface area contributed by atoms with E-state index in [-0.39, 0.29) is 17.0 Å². The van der Waals surface area contributed by atoms with Gasteiger partial charge < -0.3 is 10.4 Å². The number of phenolic OH excluding ortho intramolecular Hbond substituents is 1. The summed E-state index contributed by atoms with van der Waals surface area (Å²) in [7, 11) is 0. The van der Waals surface area contributed by atoms with E-state index in [0.717, 1.165) is 0 Å². The summed E-state index contributed by atoms with van der Waals surface area (Å²) in [5.41, 5.74) is 0.525. The number of hydrogen-bond donors (Lipinski definition) is 2. The van der Waals surface area contributed by atoms with Gasteiger partial charge in [-0.2, -0.15) is 0 Å². The zero-order valence-corrected chi connectivity index (χ0v) is 10.4. The van der Waals surface area contributed by atoms with E-state index in [1.165, 1.54) is 18.2 Å². The lowest BCUT2D eigenvalue weighted by atomic mass is 10.1. The molecule has 0 aliphatic heterocycles. The molecule has 0 bridgehead atoms. The molecule has 2 rings (SSSR count). The minimum atomic E-state index is -1.59. The molecule has 0 unspecified atom stereocenters. The van der Waals surface area contributed by atoms with Crippen LogP contribution < -0.4 is 5.32 Å². The van der Waals surface area contributed by atoms with Crippen LogP contribution in [0.25, 0.3) is 0 Å². The van der Waals surface area contributed by atoms with Crippen molar-refractivity contribution in [1.82, 2.24) is 0 Å². The number of amides is 1. The maximum absolute atomic E-state index is 13.0. The number of carbonyl (C=O) groups excluding carboxylic acids is 1. The smallest absolute Gasteiger partial charge is 0.255 e. The van der Waals surface area contributed by atoms with Gasteiger partial charge in [-0.25, -0.2) is 13.2 Å². The summed E-state index contributed by atoms with van der Waals surface area (Å²) in [5, 5.41) is 11.5. The van der Waals surface area contributed by atoms with E-state index in [1.54, 1.807) is 6.92 Å². The van der Waals surface area contributed by atoms with E-state index < -0.39 is 23.4 Å². The van der Waals surface area contributed by atoms with E-state index in [2.05, 4.69) is 5.32 Å². The monoisotopic (exact) mass is 281 g/mol. The Morgan fingerprint density at radius 2 is 1.70 bits per heavy atom. The minimum Gasteiger partial charge on any atom is -0.508 e. The van der Waals surface area contributed by atoms with Crippen molar-refractivity contribution in [2.75, 3.05) is 5.32 Å². The quantitative estimate of drug-likeness (QED) is 0.829. The van der Waals surface area contributed by atoms with Crippen molar-refractivity contribution in [2.45, 2.75) is 6.92 Å². The van der Waals surface area contributed by atoms with Crippen LogP contribution in [0, 0.1) is 24.4 Å². The predicted molar refractivity (Wildman–Crippen MR) is 67.1 cm³/mol. The number of aryl methyl sites for hydroxylation is 1. The van der Waals surface area contributed by atoms with Gasteiger partial charge in [0.25, 0.3) is 5.91 Å². The third-order valence-corrected chi connectivity index (χ3v) is 2.70. The SMILES string of the molecule is Cc1cc(O)ccc1C(=O)Nc1cc(F)c(F)c(F)c1. The molecule has 0 aliphatic rings. The van der Waals surface area contributed by atoms with Crippen LogP contribution in [-0.2, 0) is 0 Å². The average Bonchev–Trinajstić information content (AvgIpc) is 2.35. The predicted octanol–water partition coefficient (Wildman–Crippen LogP) is 3.37. The highest BCUT2D eigenvalue weighted by molar-refractivity contribution is 6.05. The third-order valence-electron chi connectivity index (χ3n) is 2.70. The molecule has 0 radical (unpaired) electrons. The van der Waals surface area contributed by atoms with E-state index >= 15 is 0 Å². The largest absolute Gasteiger partial charge is 0.508 e. The second kappa shape index (κ2) is 5.24. The third kappa shape index (κ3) is 2.74. The lowest BCUT2D eigenvalue weighted by molar-refractivity contribution is 0.102. The van der Waals surface area contributed by atoms with Crippen LogP contribution in [0.1, 0.15) is 15.9 Å². The molecular formula is C14H10F3NO2. The van der Waals surface area contributed by atoms with Crippen LogP contribution in [0.5, 0.6) is 5.75 Å². The summed E-state index contributed by atoms with van der Waals surface area (Å²) >= 11 is 0. The Morgan fingerprint density at radius 1 is 1.10 bits per heavy atom. The molecule has 3 nitrogen and oxygen atoms in total. The number of carbonyl (C=O) groups is 1. The highest BCUT2D eigenvalue weighted by Gasteiger charge is 2.14. The Kier molecular flexibility index (Phi) is 3.65. The molecule has 0 aliphatic carbocycles. The van der Waals surface area contributed by atoms with Crippen LogP contribution in [0.2, 0.25) is 0 Å². The molecule has 2 N–H and O–H groups in total. The summed E-state index contributed by atoms with van der Waals surface area (Å²) in [5.74, 6) is -4.99.